The van der Waals surface area contributed by atoms with Gasteiger partial charge < -0.3 is 14.8 Å². The van der Waals surface area contributed by atoms with Crippen LogP contribution in [-0.2, 0) is 33.0 Å². The first-order valence-corrected chi connectivity index (χ1v) is 10.9. The SMILES string of the molecule is [2H]C([2H])([2H])[C@@]12N=C(c3[c-]c(Oc4ccc5cccc(O)c5n4)ccc3)S[C@@H]1Cc1ccccc12.[Pt]. The number of nitrogens with zero attached hydrogens (tertiary/aromatic N) is 2. The van der Waals surface area contributed by atoms with E-state index in [-0.39, 0.29) is 32.1 Å². The van der Waals surface area contributed by atoms with Crippen LogP contribution in [0.1, 0.15) is 27.7 Å². The van der Waals surface area contributed by atoms with Crippen molar-refractivity contribution in [2.75, 3.05) is 0 Å². The van der Waals surface area contributed by atoms with E-state index in [4.69, 9.17) is 13.8 Å². The largest absolute Gasteiger partial charge is 0.506 e. The molecule has 6 heteroatoms. The van der Waals surface area contributed by atoms with E-state index in [1.807, 2.05) is 48.5 Å². The molecule has 4 nitrogen and oxygen atoms in total. The molecule has 0 radical (unpaired) electrons. The fourth-order valence-electron chi connectivity index (χ4n) is 4.21. The van der Waals surface area contributed by atoms with Gasteiger partial charge in [-0.05, 0) is 36.5 Å². The smallest absolute Gasteiger partial charge is 0.217 e. The Labute approximate surface area is 209 Å². The van der Waals surface area contributed by atoms with E-state index in [1.165, 1.54) is 11.8 Å². The number of pyridine rings is 1. The number of hydrogen-bond acceptors (Lipinski definition) is 5. The third kappa shape index (κ3) is 3.44. The number of fused-ring (bicyclic) bond motifs is 4. The predicted molar refractivity (Wildman–Crippen MR) is 124 cm³/mol. The number of hydrogen-bond donors (Lipinski definition) is 1. The number of phenolic OH excluding ortho intramolecular Hbond substituents is 1. The van der Waals surface area contributed by atoms with Crippen molar-refractivity contribution >= 4 is 27.7 Å². The van der Waals surface area contributed by atoms with E-state index >= 15 is 0 Å². The Kier molecular flexibility index (Phi) is 4.50. The van der Waals surface area contributed by atoms with Crippen molar-refractivity contribution in [3.05, 3.63) is 95.6 Å². The molecule has 1 N–H and O–H groups in total. The van der Waals surface area contributed by atoms with Crippen LogP contribution in [0, 0.1) is 6.07 Å². The van der Waals surface area contributed by atoms with Gasteiger partial charge in [-0.2, -0.15) is 11.8 Å². The molecule has 0 fully saturated rings. The van der Waals surface area contributed by atoms with Crippen molar-refractivity contribution in [3.63, 3.8) is 0 Å². The molecular formula is C26H19N2O2PtS-. The van der Waals surface area contributed by atoms with Crippen LogP contribution in [-0.4, -0.2) is 20.4 Å². The number of para-hydroxylation sites is 1. The Morgan fingerprint density at radius 2 is 1.97 bits per heavy atom. The molecule has 0 amide bonds. The van der Waals surface area contributed by atoms with E-state index in [0.717, 1.165) is 16.5 Å². The van der Waals surface area contributed by atoms with Gasteiger partial charge in [-0.1, -0.05) is 42.5 Å². The summed E-state index contributed by atoms with van der Waals surface area (Å²) in [5, 5.41) is 11.4. The molecule has 2 aliphatic rings. The summed E-state index contributed by atoms with van der Waals surface area (Å²) in [5.74, 6) is 0.843. The number of aliphatic imine (C=N–C) groups is 1. The Bertz CT molecular complexity index is 1480. The molecular weight excluding hydrogens is 599 g/mol. The predicted octanol–water partition coefficient (Wildman–Crippen LogP) is 5.86. The molecule has 0 unspecified atom stereocenters. The van der Waals surface area contributed by atoms with Crippen molar-refractivity contribution in [1.82, 2.24) is 4.98 Å². The van der Waals surface area contributed by atoms with Crippen LogP contribution < -0.4 is 4.74 Å². The quantitative estimate of drug-likeness (QED) is 0.291. The van der Waals surface area contributed by atoms with Gasteiger partial charge in [-0.15, -0.1) is 23.8 Å². The summed E-state index contributed by atoms with van der Waals surface area (Å²) in [6.07, 6.45) is 0.660. The molecule has 0 saturated carbocycles. The standard InChI is InChI=1S/C26H19N2O2S.Pt/c1-26-20-10-3-2-6-17(20)15-22(26)31-25(28-26)18-8-4-9-19(14-18)30-23-13-12-16-7-5-11-21(29)24(16)27-23;/h2-13,22,29H,15H2,1H3;/q-1;/t22-,26+;/m1./s1/i1D3;. The van der Waals surface area contributed by atoms with Crippen LogP contribution in [0.4, 0.5) is 0 Å². The van der Waals surface area contributed by atoms with Gasteiger partial charge in [0.05, 0.1) is 5.54 Å². The molecule has 2 heterocycles. The molecule has 6 rings (SSSR count). The molecule has 0 saturated heterocycles. The molecule has 1 aliphatic heterocycles. The third-order valence-electron chi connectivity index (χ3n) is 5.72. The fourth-order valence-corrected chi connectivity index (χ4v) is 5.54. The number of benzene rings is 3. The number of aromatic nitrogens is 1. The Morgan fingerprint density at radius 3 is 2.88 bits per heavy atom. The third-order valence-corrected chi connectivity index (χ3v) is 7.04. The van der Waals surface area contributed by atoms with Crippen LogP contribution in [0.3, 0.4) is 0 Å². The fraction of sp³-hybridized carbons (Fsp3) is 0.154. The minimum absolute atomic E-state index is 0. The van der Waals surface area contributed by atoms with Gasteiger partial charge in [0.1, 0.15) is 11.3 Å². The zero-order valence-corrected chi connectivity index (χ0v) is 19.8. The summed E-state index contributed by atoms with van der Waals surface area (Å²) in [5.41, 5.74) is 1.71. The van der Waals surface area contributed by atoms with Crippen LogP contribution in [0.2, 0.25) is 0 Å². The molecule has 3 aromatic carbocycles. The first-order valence-electron chi connectivity index (χ1n) is 11.5. The first kappa shape index (κ1) is 17.9. The first-order chi connectivity index (χ1) is 16.3. The number of aromatic hydroxyl groups is 1. The maximum atomic E-state index is 10.1. The second-order valence-corrected chi connectivity index (χ2v) is 8.87. The van der Waals surface area contributed by atoms with Gasteiger partial charge in [0.15, 0.2) is 0 Å². The summed E-state index contributed by atoms with van der Waals surface area (Å²) < 4.78 is 31.0. The topological polar surface area (TPSA) is 54.7 Å². The normalized spacial score (nSPS) is 22.7. The minimum atomic E-state index is -2.27. The van der Waals surface area contributed by atoms with Crippen molar-refractivity contribution in [1.29, 1.82) is 0 Å². The van der Waals surface area contributed by atoms with Crippen LogP contribution in [0.15, 0.2) is 77.8 Å². The van der Waals surface area contributed by atoms with Gasteiger partial charge in [0.2, 0.25) is 5.88 Å². The molecule has 1 aromatic heterocycles. The molecule has 2 atom stereocenters. The molecule has 0 bridgehead atoms. The summed E-state index contributed by atoms with van der Waals surface area (Å²) >= 11 is 1.49. The van der Waals surface area contributed by atoms with Gasteiger partial charge >= 0.3 is 0 Å². The van der Waals surface area contributed by atoms with E-state index in [9.17, 15) is 5.11 Å². The minimum Gasteiger partial charge on any atom is -0.506 e. The molecule has 4 aromatic rings. The van der Waals surface area contributed by atoms with E-state index in [1.54, 1.807) is 24.3 Å². The van der Waals surface area contributed by atoms with Gasteiger partial charge in [-0.25, -0.2) is 4.98 Å². The summed E-state index contributed by atoms with van der Waals surface area (Å²) in [6.45, 7) is -2.27. The second kappa shape index (κ2) is 8.06. The van der Waals surface area contributed by atoms with Crippen molar-refractivity contribution in [2.24, 2.45) is 4.99 Å². The summed E-state index contributed by atoms with van der Waals surface area (Å²) in [4.78, 5) is 9.26. The number of ether oxygens (including phenoxy) is 1. The van der Waals surface area contributed by atoms with Gasteiger partial charge in [0.25, 0.3) is 0 Å². The van der Waals surface area contributed by atoms with E-state index < -0.39 is 12.4 Å². The van der Waals surface area contributed by atoms with Crippen LogP contribution in [0.25, 0.3) is 10.9 Å². The Hall–Kier alpha value is -2.62. The molecule has 32 heavy (non-hydrogen) atoms. The van der Waals surface area contributed by atoms with Crippen molar-refractivity contribution in [2.45, 2.75) is 24.1 Å². The number of phenols is 1. The van der Waals surface area contributed by atoms with E-state index in [2.05, 4.69) is 11.1 Å². The zero-order valence-electron chi connectivity index (χ0n) is 19.7. The Morgan fingerprint density at radius 1 is 1.09 bits per heavy atom. The second-order valence-electron chi connectivity index (χ2n) is 7.68. The Balaban J connectivity index is 0.00000253. The average molecular weight is 622 g/mol. The monoisotopic (exact) mass is 621 g/mol. The van der Waals surface area contributed by atoms with Crippen molar-refractivity contribution < 1.29 is 35.0 Å². The number of thioether (sulfide) groups is 1. The molecule has 1 aliphatic carbocycles. The average Bonchev–Trinajstić information content (AvgIpc) is 3.35. The van der Waals surface area contributed by atoms with Crippen LogP contribution in [0.5, 0.6) is 17.4 Å². The van der Waals surface area contributed by atoms with Gasteiger partial charge in [0, 0.05) is 52.7 Å². The molecule has 162 valence electrons. The van der Waals surface area contributed by atoms with E-state index in [0.29, 0.717) is 34.2 Å². The number of rotatable bonds is 3. The van der Waals surface area contributed by atoms with Crippen LogP contribution >= 0.6 is 11.8 Å². The summed E-state index contributed by atoms with van der Waals surface area (Å²) in [7, 11) is 0. The van der Waals surface area contributed by atoms with Crippen molar-refractivity contribution in [3.8, 4) is 17.4 Å². The maximum Gasteiger partial charge on any atom is 0.217 e. The van der Waals surface area contributed by atoms with Gasteiger partial charge in [-0.3, -0.25) is 0 Å². The maximum absolute atomic E-state index is 10.1. The summed E-state index contributed by atoms with van der Waals surface area (Å²) in [6, 6.07) is 25.1. The molecule has 0 spiro atoms. The zero-order chi connectivity index (χ0) is 23.5.